The first-order valence-electron chi connectivity index (χ1n) is 6.79. The molecule has 1 nitrogen and oxygen atoms in total. The highest BCUT2D eigenvalue weighted by Gasteiger charge is 2.34. The summed E-state index contributed by atoms with van der Waals surface area (Å²) in [7, 11) is 0. The average molecular weight is 434 g/mol. The number of hydrogen-bond acceptors (Lipinski definition) is 1. The zero-order valence-corrected chi connectivity index (χ0v) is 13.7. The van der Waals surface area contributed by atoms with Crippen LogP contribution in [0.3, 0.4) is 0 Å². The Morgan fingerprint density at radius 3 is 1.21 bits per heavy atom. The summed E-state index contributed by atoms with van der Waals surface area (Å²) in [6.07, 6.45) is 0. The highest BCUT2D eigenvalue weighted by Crippen LogP contribution is 2.36. The zero-order chi connectivity index (χ0) is 21.3. The summed E-state index contributed by atoms with van der Waals surface area (Å²) in [4.78, 5) is 0. The molecule has 12 heteroatoms. The lowest BCUT2D eigenvalue weighted by molar-refractivity contribution is 0.443. The molecule has 0 aliphatic carbocycles. The summed E-state index contributed by atoms with van der Waals surface area (Å²) in [5, 5.41) is -5.33. The fourth-order valence-corrected chi connectivity index (χ4v) is 2.55. The molecular formula is C16H4F10OS. The van der Waals surface area contributed by atoms with Crippen molar-refractivity contribution < 1.29 is 48.5 Å². The maximum Gasteiger partial charge on any atom is 0.344 e. The predicted molar refractivity (Wildman–Crippen MR) is 79.0 cm³/mol. The Morgan fingerprint density at radius 1 is 0.571 bits per heavy atom. The molecule has 2 aromatic rings. The third-order valence-corrected chi connectivity index (χ3v) is 4.22. The number of hydrogen-bond donors (Lipinski definition) is 0. The highest BCUT2D eigenvalue weighted by atomic mass is 32.2. The maximum absolute atomic E-state index is 13.9. The molecule has 0 heterocycles. The lowest BCUT2D eigenvalue weighted by Crippen LogP contribution is -2.07. The molecule has 0 spiro atoms. The summed E-state index contributed by atoms with van der Waals surface area (Å²) in [6, 6.07) is 0.722. The van der Waals surface area contributed by atoms with E-state index in [4.69, 9.17) is 0 Å². The van der Waals surface area contributed by atoms with Crippen molar-refractivity contribution in [2.24, 2.45) is 0 Å². The van der Waals surface area contributed by atoms with Crippen molar-refractivity contribution in [3.05, 3.63) is 80.6 Å². The second kappa shape index (κ2) is 8.27. The van der Waals surface area contributed by atoms with Gasteiger partial charge in [-0.05, 0) is 24.3 Å². The van der Waals surface area contributed by atoms with Crippen molar-refractivity contribution in [1.82, 2.24) is 0 Å². The monoisotopic (exact) mass is 434 g/mol. The molecule has 0 N–H and O–H groups in total. The van der Waals surface area contributed by atoms with Crippen LogP contribution in [-0.2, 0) is 11.2 Å². The molecule has 0 bridgehead atoms. The van der Waals surface area contributed by atoms with Crippen LogP contribution in [0.15, 0.2) is 34.6 Å². The molecule has 150 valence electrons. The van der Waals surface area contributed by atoms with Gasteiger partial charge in [0.2, 0.25) is 11.7 Å². The first-order valence-corrected chi connectivity index (χ1v) is 7.94. The average Bonchev–Trinajstić information content (AvgIpc) is 2.67. The summed E-state index contributed by atoms with van der Waals surface area (Å²) in [6.45, 7) is 0. The Hall–Kier alpha value is -2.47. The van der Waals surface area contributed by atoms with Crippen LogP contribution in [0.25, 0.3) is 11.7 Å². The van der Waals surface area contributed by atoms with E-state index in [0.29, 0.717) is 0 Å². The summed E-state index contributed by atoms with van der Waals surface area (Å²) in [5.74, 6) is -17.4. The van der Waals surface area contributed by atoms with E-state index in [2.05, 4.69) is 0 Å². The van der Waals surface area contributed by atoms with Gasteiger partial charge >= 0.3 is 10.3 Å². The lowest BCUT2D eigenvalue weighted by atomic mass is 10.2. The van der Waals surface area contributed by atoms with Crippen molar-refractivity contribution in [3.63, 3.8) is 0 Å². The zero-order valence-electron chi connectivity index (χ0n) is 12.9. The molecule has 0 amide bonds. The van der Waals surface area contributed by atoms with Crippen LogP contribution < -0.4 is 0 Å². The van der Waals surface area contributed by atoms with Crippen molar-refractivity contribution in [3.8, 4) is 0 Å². The van der Waals surface area contributed by atoms with Crippen molar-refractivity contribution >= 4 is 22.8 Å². The summed E-state index contributed by atoms with van der Waals surface area (Å²) in [5.41, 5.74) is -3.20. The van der Waals surface area contributed by atoms with Crippen molar-refractivity contribution in [2.75, 3.05) is 0 Å². The van der Waals surface area contributed by atoms with Crippen LogP contribution in [0.1, 0.15) is 11.1 Å². The van der Waals surface area contributed by atoms with E-state index in [1.54, 1.807) is 0 Å². The minimum Gasteiger partial charge on any atom is -0.603 e. The van der Waals surface area contributed by atoms with Crippen LogP contribution in [0.2, 0.25) is 0 Å². The Balaban J connectivity index is 2.53. The smallest absolute Gasteiger partial charge is 0.344 e. The summed E-state index contributed by atoms with van der Waals surface area (Å²) < 4.78 is 145. The molecule has 0 atom stereocenters. The topological polar surface area (TPSA) is 23.1 Å². The van der Waals surface area contributed by atoms with Gasteiger partial charge in [0.15, 0.2) is 34.9 Å². The normalized spacial score (nSPS) is 14.5. The molecular weight excluding hydrogens is 430 g/mol. The Kier molecular flexibility index (Phi) is 6.44. The van der Waals surface area contributed by atoms with Gasteiger partial charge in [0, 0.05) is 0 Å². The van der Waals surface area contributed by atoms with E-state index in [9.17, 15) is 48.5 Å². The van der Waals surface area contributed by atoms with Gasteiger partial charge in [0.25, 0.3) is 0 Å². The fourth-order valence-electron chi connectivity index (χ4n) is 1.84. The first-order chi connectivity index (χ1) is 13.0. The Labute approximate surface area is 152 Å². The van der Waals surface area contributed by atoms with Crippen LogP contribution >= 0.6 is 0 Å². The van der Waals surface area contributed by atoms with Gasteiger partial charge in [-0.15, -0.1) is 8.78 Å². The molecule has 28 heavy (non-hydrogen) atoms. The largest absolute Gasteiger partial charge is 0.603 e. The molecule has 0 aromatic heterocycles. The second-order valence-corrected chi connectivity index (χ2v) is 6.14. The molecule has 0 aliphatic heterocycles. The second-order valence-electron chi connectivity index (χ2n) is 4.89. The van der Waals surface area contributed by atoms with Gasteiger partial charge in [0.1, 0.15) is 0 Å². The number of rotatable bonds is 4. The minimum absolute atomic E-state index is 0.174. The van der Waals surface area contributed by atoms with Gasteiger partial charge < -0.3 is 4.55 Å². The van der Waals surface area contributed by atoms with E-state index in [0.717, 1.165) is 0 Å². The summed E-state index contributed by atoms with van der Waals surface area (Å²) >= 11 is -4.00. The van der Waals surface area contributed by atoms with Crippen molar-refractivity contribution in [2.45, 2.75) is 0 Å². The Morgan fingerprint density at radius 2 is 0.893 bits per heavy atom. The van der Waals surface area contributed by atoms with Gasteiger partial charge in [-0.3, -0.25) is 0 Å². The maximum atomic E-state index is 13.9. The molecule has 2 rings (SSSR count). The molecule has 0 unspecified atom stereocenters. The van der Waals surface area contributed by atoms with E-state index >= 15 is 0 Å². The standard InChI is InChI=1S/C16H4F10OS/c17-7-3-1-5(9(19)13(7)23)11(21)15(25)28(27)16(26)12(22)6-2-4-8(18)14(24)10(6)20/h1-4H. The first kappa shape index (κ1) is 21.8. The van der Waals surface area contributed by atoms with Crippen molar-refractivity contribution in [1.29, 1.82) is 0 Å². The lowest BCUT2D eigenvalue weighted by Gasteiger charge is -2.09. The third-order valence-electron chi connectivity index (χ3n) is 3.21. The third kappa shape index (κ3) is 3.87. The molecule has 0 aliphatic rings. The number of halogens is 10. The van der Waals surface area contributed by atoms with Crippen LogP contribution in [0.5, 0.6) is 0 Å². The van der Waals surface area contributed by atoms with E-state index in [1.165, 1.54) is 0 Å². The number of benzene rings is 2. The molecule has 2 aromatic carbocycles. The van der Waals surface area contributed by atoms with Gasteiger partial charge in [-0.2, -0.15) is 8.78 Å². The van der Waals surface area contributed by atoms with Gasteiger partial charge in [-0.1, -0.05) is 0 Å². The van der Waals surface area contributed by atoms with Crippen LogP contribution in [0, 0.1) is 34.9 Å². The molecule has 0 saturated heterocycles. The van der Waals surface area contributed by atoms with Gasteiger partial charge in [0.05, 0.1) is 22.3 Å². The quantitative estimate of drug-likeness (QED) is 0.324. The Bertz CT molecular complexity index is 922. The fraction of sp³-hybridized carbons (Fsp3) is 0. The van der Waals surface area contributed by atoms with Crippen LogP contribution in [-0.4, -0.2) is 4.55 Å². The predicted octanol–water partition coefficient (Wildman–Crippen LogP) is 6.10. The van der Waals surface area contributed by atoms with Crippen LogP contribution in [0.4, 0.5) is 43.9 Å². The van der Waals surface area contributed by atoms with E-state index in [1.807, 2.05) is 0 Å². The molecule has 0 saturated carbocycles. The van der Waals surface area contributed by atoms with E-state index in [-0.39, 0.29) is 24.3 Å². The molecule has 0 fully saturated rings. The molecule has 0 radical (unpaired) electrons. The van der Waals surface area contributed by atoms with E-state index < -0.39 is 79.2 Å². The minimum atomic E-state index is -4.00. The highest BCUT2D eigenvalue weighted by molar-refractivity contribution is 7.98. The SMILES string of the molecule is [O-][S+](C(F)=C(F)c1ccc(F)c(F)c1F)C(F)=C(F)c1ccc(F)c(F)c1F. The van der Waals surface area contributed by atoms with Gasteiger partial charge in [-0.25, -0.2) is 26.3 Å².